The van der Waals surface area contributed by atoms with Crippen molar-refractivity contribution in [3.63, 3.8) is 0 Å². The monoisotopic (exact) mass is 464 g/mol. The molecule has 3 aromatic rings. The largest absolute Gasteiger partial charge is 0.391 e. The van der Waals surface area contributed by atoms with Gasteiger partial charge in [0, 0.05) is 19.2 Å². The van der Waals surface area contributed by atoms with Crippen molar-refractivity contribution in [3.05, 3.63) is 41.3 Å². The number of nitrogens with zero attached hydrogens (tertiary/aromatic N) is 7. The van der Waals surface area contributed by atoms with Crippen LogP contribution in [0.1, 0.15) is 31.2 Å². The maximum absolute atomic E-state index is 13.0. The summed E-state index contributed by atoms with van der Waals surface area (Å²) >= 11 is 1.21. The minimum Gasteiger partial charge on any atom is -0.391 e. The normalized spacial score (nSPS) is 23.6. The van der Waals surface area contributed by atoms with Gasteiger partial charge in [-0.05, 0) is 53.6 Å². The average Bonchev–Trinajstić information content (AvgIpc) is 3.34. The first-order valence-electron chi connectivity index (χ1n) is 11.1. The van der Waals surface area contributed by atoms with E-state index in [0.29, 0.717) is 41.7 Å². The highest BCUT2D eigenvalue weighted by Gasteiger charge is 2.42. The highest BCUT2D eigenvalue weighted by molar-refractivity contribution is 7.05. The van der Waals surface area contributed by atoms with Crippen molar-refractivity contribution in [2.24, 2.45) is 10.4 Å². The van der Waals surface area contributed by atoms with E-state index in [0.717, 1.165) is 11.4 Å². The van der Waals surface area contributed by atoms with E-state index >= 15 is 0 Å². The average molecular weight is 465 g/mol. The van der Waals surface area contributed by atoms with E-state index in [9.17, 15) is 9.90 Å². The number of aliphatic imine (C=N–C) groups is 1. The predicted molar refractivity (Wildman–Crippen MR) is 125 cm³/mol. The van der Waals surface area contributed by atoms with Crippen LogP contribution in [0.25, 0.3) is 5.52 Å². The first kappa shape index (κ1) is 20.4. The number of hydrogen-bond acceptors (Lipinski definition) is 10. The third-order valence-corrected chi connectivity index (χ3v) is 7.43. The molecule has 0 spiro atoms. The molecule has 0 bridgehead atoms. The second-order valence-corrected chi connectivity index (χ2v) is 10.1. The van der Waals surface area contributed by atoms with E-state index in [4.69, 9.17) is 4.98 Å². The summed E-state index contributed by atoms with van der Waals surface area (Å²) in [5.74, 6) is 1.78. The van der Waals surface area contributed by atoms with E-state index in [1.54, 1.807) is 9.42 Å². The van der Waals surface area contributed by atoms with Crippen LogP contribution < -0.4 is 10.2 Å². The summed E-state index contributed by atoms with van der Waals surface area (Å²) in [6, 6.07) is 3.32. The molecule has 2 aliphatic heterocycles. The summed E-state index contributed by atoms with van der Waals surface area (Å²) < 4.78 is 5.71. The van der Waals surface area contributed by atoms with Crippen LogP contribution in [0.5, 0.6) is 0 Å². The van der Waals surface area contributed by atoms with Gasteiger partial charge >= 0.3 is 0 Å². The summed E-state index contributed by atoms with van der Waals surface area (Å²) in [6.07, 6.45) is 7.74. The van der Waals surface area contributed by atoms with Gasteiger partial charge in [-0.15, -0.1) is 5.10 Å². The van der Waals surface area contributed by atoms with Gasteiger partial charge in [0.1, 0.15) is 22.7 Å². The molecule has 33 heavy (non-hydrogen) atoms. The maximum Gasteiger partial charge on any atom is 0.246 e. The minimum atomic E-state index is -0.627. The van der Waals surface area contributed by atoms with Crippen LogP contribution in [0.3, 0.4) is 0 Å². The number of aliphatic hydroxyl groups excluding tert-OH is 1. The molecule has 2 fully saturated rings. The van der Waals surface area contributed by atoms with Crippen molar-refractivity contribution in [2.45, 2.75) is 44.8 Å². The Balaban J connectivity index is 1.30. The van der Waals surface area contributed by atoms with Gasteiger partial charge in [-0.25, -0.2) is 9.50 Å². The van der Waals surface area contributed by atoms with Crippen molar-refractivity contribution in [2.75, 3.05) is 23.3 Å². The van der Waals surface area contributed by atoms with Gasteiger partial charge in [-0.3, -0.25) is 9.79 Å². The Morgan fingerprint density at radius 3 is 3.06 bits per heavy atom. The van der Waals surface area contributed by atoms with E-state index < -0.39 is 12.1 Å². The van der Waals surface area contributed by atoms with Crippen molar-refractivity contribution < 1.29 is 9.90 Å². The quantitative estimate of drug-likeness (QED) is 0.567. The first-order chi connectivity index (χ1) is 16.0. The fourth-order valence-corrected chi connectivity index (χ4v) is 5.03. The molecule has 1 saturated carbocycles. The van der Waals surface area contributed by atoms with Crippen LogP contribution in [0, 0.1) is 5.41 Å². The first-order valence-corrected chi connectivity index (χ1v) is 11.9. The standard InChI is InChI=1S/C22H24N8O2S/c1-22(4-5-22)13-7-18(23-10-13)26-20-15-3-2-6-30(15)28-21(27-20)29-11-14(31)8-16(29)17(32)9-19-24-12-25-33-19/h2-3,6-7,12,14,16,31H,4-5,8-11H2,1H3,(H,23,26,27,28)/t14-,16-/m0/s1. The molecular weight excluding hydrogens is 440 g/mol. The van der Waals surface area contributed by atoms with E-state index in [1.165, 1.54) is 36.3 Å². The number of rotatable bonds is 6. The van der Waals surface area contributed by atoms with E-state index in [-0.39, 0.29) is 12.2 Å². The van der Waals surface area contributed by atoms with Gasteiger partial charge < -0.3 is 15.3 Å². The second-order valence-electron chi connectivity index (χ2n) is 9.19. The lowest BCUT2D eigenvalue weighted by Gasteiger charge is -2.23. The van der Waals surface area contributed by atoms with E-state index in [1.807, 2.05) is 18.3 Å². The lowest BCUT2D eigenvalue weighted by atomic mass is 9.99. The smallest absolute Gasteiger partial charge is 0.246 e. The number of carbonyl (C=O) groups excluding carboxylic acids is 1. The Labute approximate surface area is 194 Å². The van der Waals surface area contributed by atoms with Crippen molar-refractivity contribution in [1.29, 1.82) is 0 Å². The number of carbonyl (C=O) groups is 1. The predicted octanol–water partition coefficient (Wildman–Crippen LogP) is 1.88. The topological polar surface area (TPSA) is 121 Å². The summed E-state index contributed by atoms with van der Waals surface area (Å²) in [5.41, 5.74) is 2.47. The van der Waals surface area contributed by atoms with E-state index in [2.05, 4.69) is 37.8 Å². The van der Waals surface area contributed by atoms with Crippen LogP contribution in [0.2, 0.25) is 0 Å². The molecular formula is C22H24N8O2S. The molecule has 2 N–H and O–H groups in total. The van der Waals surface area contributed by atoms with Gasteiger partial charge in [0.25, 0.3) is 0 Å². The minimum absolute atomic E-state index is 0.0283. The fourth-order valence-electron chi connectivity index (χ4n) is 4.51. The van der Waals surface area contributed by atoms with Gasteiger partial charge in [-0.1, -0.05) is 6.92 Å². The lowest BCUT2D eigenvalue weighted by Crippen LogP contribution is -2.38. The number of fused-ring (bicyclic) bond motifs is 1. The number of amidine groups is 1. The Kier molecular flexibility index (Phi) is 4.77. The Hall–Kier alpha value is -3.18. The number of hydrogen-bond donors (Lipinski definition) is 2. The van der Waals surface area contributed by atoms with Crippen LogP contribution in [0.15, 0.2) is 41.3 Å². The van der Waals surface area contributed by atoms with Gasteiger partial charge in [0.15, 0.2) is 11.6 Å². The number of ketones is 1. The second kappa shape index (κ2) is 7.70. The van der Waals surface area contributed by atoms with Crippen LogP contribution >= 0.6 is 11.5 Å². The van der Waals surface area contributed by atoms with Crippen LogP contribution in [-0.4, -0.2) is 65.9 Å². The molecule has 6 rings (SSSR count). The lowest BCUT2D eigenvalue weighted by molar-refractivity contribution is -0.119. The zero-order chi connectivity index (χ0) is 22.6. The Morgan fingerprint density at radius 2 is 2.27 bits per heavy atom. The zero-order valence-corrected chi connectivity index (χ0v) is 19.0. The maximum atomic E-state index is 13.0. The van der Waals surface area contributed by atoms with Crippen molar-refractivity contribution >= 4 is 40.4 Å². The van der Waals surface area contributed by atoms with Crippen molar-refractivity contribution in [3.8, 4) is 0 Å². The van der Waals surface area contributed by atoms with Crippen LogP contribution in [-0.2, 0) is 11.2 Å². The molecule has 5 heterocycles. The number of aliphatic hydroxyl groups is 1. The van der Waals surface area contributed by atoms with Gasteiger partial charge in [0.2, 0.25) is 5.95 Å². The van der Waals surface area contributed by atoms with Crippen LogP contribution in [0.4, 0.5) is 11.8 Å². The Bertz CT molecular complexity index is 1280. The molecule has 1 aliphatic carbocycles. The number of Topliss-reactive ketones (excluding diaryl/α,β-unsaturated/α-hetero) is 1. The number of aromatic nitrogens is 5. The molecule has 3 aromatic heterocycles. The molecule has 2 atom stereocenters. The molecule has 170 valence electrons. The summed E-state index contributed by atoms with van der Waals surface area (Å²) in [5, 5.41) is 19.0. The van der Waals surface area contributed by atoms with Gasteiger partial charge in [-0.2, -0.15) is 9.36 Å². The molecule has 0 aromatic carbocycles. The van der Waals surface area contributed by atoms with Gasteiger partial charge in [0.05, 0.1) is 25.1 Å². The molecule has 10 nitrogen and oxygen atoms in total. The molecule has 3 aliphatic rings. The molecule has 11 heteroatoms. The molecule has 0 amide bonds. The third kappa shape index (κ3) is 3.80. The highest BCUT2D eigenvalue weighted by Crippen LogP contribution is 2.52. The third-order valence-electron chi connectivity index (χ3n) is 6.77. The summed E-state index contributed by atoms with van der Waals surface area (Å²) in [6.45, 7) is 3.29. The fraction of sp³-hybridized carbons (Fsp3) is 0.455. The molecule has 1 saturated heterocycles. The number of nitrogens with one attached hydrogen (secondary N) is 1. The molecule has 0 unspecified atom stereocenters. The highest BCUT2D eigenvalue weighted by atomic mass is 32.1. The SMILES string of the molecule is CC1(C2=CC(Nc3nc(N4C[C@@H](O)C[C@H]4C(=O)Cc4ncns4)nn4cccc34)=NC2)CC1. The zero-order valence-electron chi connectivity index (χ0n) is 18.2. The molecule has 0 radical (unpaired) electrons. The Morgan fingerprint density at radius 1 is 1.39 bits per heavy atom. The summed E-state index contributed by atoms with van der Waals surface area (Å²) in [4.78, 5) is 28.4. The summed E-state index contributed by atoms with van der Waals surface area (Å²) in [7, 11) is 0. The number of β-amino-alcohol motifs (C(OH)–C–C–N with tert-alkyl or cyclic N) is 1. The number of anilines is 2. The van der Waals surface area contributed by atoms with Crippen molar-refractivity contribution in [1.82, 2.24) is 24.0 Å².